The van der Waals surface area contributed by atoms with Crippen molar-refractivity contribution >= 4 is 11.9 Å². The molecule has 156 valence electrons. The van der Waals surface area contributed by atoms with Crippen molar-refractivity contribution in [2.75, 3.05) is 7.05 Å². The number of rotatable bonds is 5. The maximum atomic E-state index is 13.3. The van der Waals surface area contributed by atoms with Crippen molar-refractivity contribution in [2.24, 2.45) is 10.7 Å². The first-order chi connectivity index (χ1) is 14.3. The van der Waals surface area contributed by atoms with Gasteiger partial charge in [-0.1, -0.05) is 37.0 Å². The lowest BCUT2D eigenvalue weighted by Gasteiger charge is -2.27. The summed E-state index contributed by atoms with van der Waals surface area (Å²) >= 11 is 0. The van der Waals surface area contributed by atoms with Crippen molar-refractivity contribution in [2.45, 2.75) is 38.8 Å². The Labute approximate surface area is 174 Å². The smallest absolute Gasteiger partial charge is 0.387 e. The largest absolute Gasteiger partial charge is 0.435 e. The first-order valence-corrected chi connectivity index (χ1v) is 9.58. The molecule has 5 nitrogen and oxygen atoms in total. The summed E-state index contributed by atoms with van der Waals surface area (Å²) in [5.41, 5.74) is 6.90. The molecule has 1 heterocycles. The number of guanidine groups is 1. The van der Waals surface area contributed by atoms with Crippen molar-refractivity contribution in [3.63, 3.8) is 0 Å². The monoisotopic (exact) mass is 411 g/mol. The normalized spacial score (nSPS) is 18.3. The average molecular weight is 411 g/mol. The van der Waals surface area contributed by atoms with Gasteiger partial charge in [0.1, 0.15) is 5.75 Å². The zero-order valence-corrected chi connectivity index (χ0v) is 17.1. The van der Waals surface area contributed by atoms with E-state index in [1.807, 2.05) is 25.1 Å². The van der Waals surface area contributed by atoms with Crippen molar-refractivity contribution in [1.29, 1.82) is 0 Å². The first kappa shape index (κ1) is 21.3. The Balaban J connectivity index is 2.16. The number of unbranched alkanes of at least 4 members (excludes halogenated alkanes) is 1. The Morgan fingerprint density at radius 2 is 1.97 bits per heavy atom. The number of hydrogen-bond acceptors (Lipinski definition) is 4. The van der Waals surface area contributed by atoms with Crippen LogP contribution in [0.4, 0.5) is 8.78 Å². The fourth-order valence-electron chi connectivity index (χ4n) is 3.40. The van der Waals surface area contributed by atoms with Crippen LogP contribution in [-0.2, 0) is 10.3 Å². The highest BCUT2D eigenvalue weighted by Gasteiger charge is 2.49. The second-order valence-electron chi connectivity index (χ2n) is 7.04. The molecule has 2 N–H and O–H groups in total. The molecule has 30 heavy (non-hydrogen) atoms. The maximum Gasteiger partial charge on any atom is 0.387 e. The van der Waals surface area contributed by atoms with Gasteiger partial charge in [-0.2, -0.15) is 8.78 Å². The molecular formula is C23H23F2N3O2. The third-order valence-electron chi connectivity index (χ3n) is 4.94. The van der Waals surface area contributed by atoms with E-state index in [0.717, 1.165) is 18.4 Å². The molecule has 1 unspecified atom stereocenters. The molecule has 0 saturated heterocycles. The minimum atomic E-state index is -2.94. The van der Waals surface area contributed by atoms with E-state index in [1.54, 1.807) is 32.2 Å². The van der Waals surface area contributed by atoms with Crippen LogP contribution < -0.4 is 10.5 Å². The summed E-state index contributed by atoms with van der Waals surface area (Å²) in [6.07, 6.45) is 1.72. The molecule has 0 fully saturated rings. The van der Waals surface area contributed by atoms with Gasteiger partial charge >= 0.3 is 6.61 Å². The molecule has 0 spiro atoms. The number of aliphatic imine (C=N–C) groups is 1. The van der Waals surface area contributed by atoms with Crippen molar-refractivity contribution in [3.05, 3.63) is 64.7 Å². The Morgan fingerprint density at radius 1 is 1.23 bits per heavy atom. The summed E-state index contributed by atoms with van der Waals surface area (Å²) in [4.78, 5) is 19.1. The molecule has 7 heteroatoms. The fourth-order valence-corrected chi connectivity index (χ4v) is 3.40. The summed E-state index contributed by atoms with van der Waals surface area (Å²) in [7, 11) is 1.55. The number of carbonyl (C=O) groups excluding carboxylic acids is 1. The van der Waals surface area contributed by atoms with Gasteiger partial charge in [0.2, 0.25) is 0 Å². The van der Waals surface area contributed by atoms with Crippen LogP contribution in [-0.4, -0.2) is 30.4 Å². The molecule has 2 aromatic carbocycles. The molecular weight excluding hydrogens is 388 g/mol. The van der Waals surface area contributed by atoms with Gasteiger partial charge in [0.15, 0.2) is 11.5 Å². The molecule has 1 aliphatic heterocycles. The van der Waals surface area contributed by atoms with Gasteiger partial charge < -0.3 is 10.5 Å². The molecule has 1 amide bonds. The van der Waals surface area contributed by atoms with Gasteiger partial charge in [-0.15, -0.1) is 0 Å². The molecule has 0 saturated carbocycles. The van der Waals surface area contributed by atoms with Crippen molar-refractivity contribution in [3.8, 4) is 17.6 Å². The molecule has 0 radical (unpaired) electrons. The minimum Gasteiger partial charge on any atom is -0.435 e. The Morgan fingerprint density at radius 3 is 2.57 bits per heavy atom. The number of carbonyl (C=O) groups is 1. The number of halogens is 2. The van der Waals surface area contributed by atoms with E-state index in [-0.39, 0.29) is 17.6 Å². The fraction of sp³-hybridized carbons (Fsp3) is 0.304. The topological polar surface area (TPSA) is 67.9 Å². The van der Waals surface area contributed by atoms with Gasteiger partial charge in [0, 0.05) is 19.0 Å². The highest BCUT2D eigenvalue weighted by Crippen LogP contribution is 2.41. The predicted molar refractivity (Wildman–Crippen MR) is 111 cm³/mol. The van der Waals surface area contributed by atoms with Gasteiger partial charge in [-0.05, 0) is 54.3 Å². The van der Waals surface area contributed by atoms with Crippen molar-refractivity contribution < 1.29 is 18.3 Å². The zero-order chi connectivity index (χ0) is 21.9. The first-order valence-electron chi connectivity index (χ1n) is 9.58. The lowest BCUT2D eigenvalue weighted by molar-refractivity contribution is -0.129. The molecule has 2 aromatic rings. The van der Waals surface area contributed by atoms with E-state index in [0.29, 0.717) is 16.7 Å². The van der Waals surface area contributed by atoms with Crippen LogP contribution in [0.1, 0.15) is 42.0 Å². The third-order valence-corrected chi connectivity index (χ3v) is 4.94. The number of nitrogens with two attached hydrogens (primary N) is 1. The highest BCUT2D eigenvalue weighted by atomic mass is 19.3. The number of ether oxygens (including phenoxy) is 1. The summed E-state index contributed by atoms with van der Waals surface area (Å²) < 4.78 is 29.8. The number of benzene rings is 2. The Kier molecular flexibility index (Phi) is 6.06. The number of alkyl halides is 2. The molecule has 1 aliphatic rings. The van der Waals surface area contributed by atoms with Crippen LogP contribution in [0.2, 0.25) is 0 Å². The zero-order valence-electron chi connectivity index (χ0n) is 17.1. The van der Waals surface area contributed by atoms with Crippen LogP contribution in [0.5, 0.6) is 5.75 Å². The van der Waals surface area contributed by atoms with Gasteiger partial charge in [0.25, 0.3) is 5.91 Å². The quantitative estimate of drug-likeness (QED) is 0.762. The van der Waals surface area contributed by atoms with E-state index in [1.165, 1.54) is 11.0 Å². The van der Waals surface area contributed by atoms with E-state index in [9.17, 15) is 13.6 Å². The van der Waals surface area contributed by atoms with Crippen LogP contribution >= 0.6 is 0 Å². The average Bonchev–Trinajstić information content (AvgIpc) is 2.94. The highest BCUT2D eigenvalue weighted by molar-refractivity contribution is 6.09. The Hall–Kier alpha value is -3.40. The standard InChI is InChI=1S/C23H23F2N3O2/c1-4-5-6-8-16-9-7-10-17(14-16)23(20(29)28(3)22(26)27-23)18-11-12-19(15(2)13-18)30-21(24)25/h7,9-14,21H,4-5H2,1-3H3,(H2,26,27). The van der Waals surface area contributed by atoms with Gasteiger partial charge in [0.05, 0.1) is 0 Å². The predicted octanol–water partition coefficient (Wildman–Crippen LogP) is 3.78. The SMILES string of the molecule is CCCC#Cc1cccc(C2(c3ccc(OC(F)F)c(C)c3)N=C(N)N(C)C2=O)c1. The summed E-state index contributed by atoms with van der Waals surface area (Å²) in [5.74, 6) is 5.98. The Bertz CT molecular complexity index is 1060. The maximum absolute atomic E-state index is 13.3. The van der Waals surface area contributed by atoms with E-state index in [4.69, 9.17) is 5.73 Å². The van der Waals surface area contributed by atoms with Gasteiger partial charge in [-0.3, -0.25) is 9.69 Å². The lowest BCUT2D eigenvalue weighted by atomic mass is 9.81. The number of likely N-dealkylation sites (N-methyl/N-ethyl adjacent to an activating group) is 1. The van der Waals surface area contributed by atoms with Crippen molar-refractivity contribution in [1.82, 2.24) is 4.90 Å². The number of amides is 1. The number of hydrogen-bond donors (Lipinski definition) is 1. The summed E-state index contributed by atoms with van der Waals surface area (Å²) in [6, 6.07) is 11.9. The molecule has 0 bridgehead atoms. The van der Waals surface area contributed by atoms with Crippen LogP contribution in [0.15, 0.2) is 47.5 Å². The molecule has 3 rings (SSSR count). The second-order valence-corrected chi connectivity index (χ2v) is 7.04. The minimum absolute atomic E-state index is 0.0406. The lowest BCUT2D eigenvalue weighted by Crippen LogP contribution is -2.41. The van der Waals surface area contributed by atoms with E-state index >= 15 is 0 Å². The molecule has 0 aromatic heterocycles. The molecule has 0 aliphatic carbocycles. The van der Waals surface area contributed by atoms with Gasteiger partial charge in [-0.25, -0.2) is 4.99 Å². The summed E-state index contributed by atoms with van der Waals surface area (Å²) in [5, 5.41) is 0. The van der Waals surface area contributed by atoms with Crippen LogP contribution in [0, 0.1) is 18.8 Å². The van der Waals surface area contributed by atoms with Crippen LogP contribution in [0.3, 0.4) is 0 Å². The third kappa shape index (κ3) is 3.86. The second kappa shape index (κ2) is 8.54. The van der Waals surface area contributed by atoms with Crippen LogP contribution in [0.25, 0.3) is 0 Å². The van der Waals surface area contributed by atoms with E-state index in [2.05, 4.69) is 21.6 Å². The molecule has 1 atom stereocenters. The summed E-state index contributed by atoms with van der Waals surface area (Å²) in [6.45, 7) is 0.751. The number of aryl methyl sites for hydroxylation is 1. The number of nitrogens with zero attached hydrogens (tertiary/aromatic N) is 2. The van der Waals surface area contributed by atoms with E-state index < -0.39 is 12.2 Å².